The van der Waals surface area contributed by atoms with Crippen LogP contribution in [0.15, 0.2) is 53.5 Å². The van der Waals surface area contributed by atoms with Gasteiger partial charge >= 0.3 is 0 Å². The molecular formula is C17H13N3O. The molecule has 0 fully saturated rings. The Morgan fingerprint density at radius 3 is 2.67 bits per heavy atom. The molecule has 1 aromatic heterocycles. The average Bonchev–Trinajstić information content (AvgIpc) is 2.82. The molecule has 0 aliphatic rings. The minimum Gasteiger partial charge on any atom is -0.494 e. The first-order valence-electron chi connectivity index (χ1n) is 6.57. The third-order valence-corrected chi connectivity index (χ3v) is 3.29. The van der Waals surface area contributed by atoms with Gasteiger partial charge in [0.15, 0.2) is 5.88 Å². The zero-order valence-corrected chi connectivity index (χ0v) is 11.2. The van der Waals surface area contributed by atoms with E-state index in [1.807, 2.05) is 48.5 Å². The van der Waals surface area contributed by atoms with Crippen molar-refractivity contribution < 1.29 is 5.11 Å². The maximum atomic E-state index is 9.94. The molecule has 21 heavy (non-hydrogen) atoms. The second-order valence-electron chi connectivity index (χ2n) is 4.69. The largest absolute Gasteiger partial charge is 0.494 e. The fraction of sp³-hybridized carbons (Fsp3) is 0.0588. The Morgan fingerprint density at radius 2 is 1.90 bits per heavy atom. The Bertz CT molecular complexity index is 839. The molecule has 3 aromatic rings. The number of fused-ring (bicyclic) bond motifs is 1. The zero-order valence-electron chi connectivity index (χ0n) is 11.2. The molecule has 0 bridgehead atoms. The van der Waals surface area contributed by atoms with Crippen molar-refractivity contribution in [1.82, 2.24) is 4.98 Å². The Hall–Kier alpha value is -3.06. The fourth-order valence-electron chi connectivity index (χ4n) is 2.21. The van der Waals surface area contributed by atoms with Crippen molar-refractivity contribution in [3.8, 4) is 11.9 Å². The summed E-state index contributed by atoms with van der Waals surface area (Å²) in [5, 5.41) is 19.5. The molecule has 2 N–H and O–H groups in total. The van der Waals surface area contributed by atoms with Crippen LogP contribution < -0.4 is 0 Å². The Labute approximate surface area is 122 Å². The lowest BCUT2D eigenvalue weighted by atomic mass is 10.1. The van der Waals surface area contributed by atoms with Gasteiger partial charge < -0.3 is 10.1 Å². The summed E-state index contributed by atoms with van der Waals surface area (Å²) in [5.41, 5.74) is 3.29. The Morgan fingerprint density at radius 1 is 1.14 bits per heavy atom. The van der Waals surface area contributed by atoms with E-state index in [1.54, 1.807) is 6.21 Å². The summed E-state index contributed by atoms with van der Waals surface area (Å²) in [4.78, 5) is 7.29. The molecule has 0 spiro atoms. The summed E-state index contributed by atoms with van der Waals surface area (Å²) in [6.07, 6.45) is 2.04. The average molecular weight is 275 g/mol. The van der Waals surface area contributed by atoms with Crippen LogP contribution in [0, 0.1) is 11.3 Å². The van der Waals surface area contributed by atoms with Crippen molar-refractivity contribution in [1.29, 1.82) is 5.26 Å². The molecule has 0 saturated heterocycles. The van der Waals surface area contributed by atoms with Crippen molar-refractivity contribution in [2.45, 2.75) is 6.42 Å². The summed E-state index contributed by atoms with van der Waals surface area (Å²) < 4.78 is 0. The lowest BCUT2D eigenvalue weighted by Crippen LogP contribution is -1.81. The lowest BCUT2D eigenvalue weighted by molar-refractivity contribution is 0.457. The monoisotopic (exact) mass is 275 g/mol. The summed E-state index contributed by atoms with van der Waals surface area (Å²) in [6, 6.07) is 17.3. The van der Waals surface area contributed by atoms with E-state index in [0.717, 1.165) is 22.2 Å². The smallest absolute Gasteiger partial charge is 0.198 e. The predicted molar refractivity (Wildman–Crippen MR) is 83.0 cm³/mol. The summed E-state index contributed by atoms with van der Waals surface area (Å²) in [5.74, 6) is 0.112. The van der Waals surface area contributed by atoms with Gasteiger partial charge in [-0.1, -0.05) is 30.3 Å². The number of nitrogens with one attached hydrogen (secondary N) is 1. The number of nitriles is 1. The number of hydrogen-bond acceptors (Lipinski definition) is 3. The van der Waals surface area contributed by atoms with Crippen LogP contribution in [-0.4, -0.2) is 16.3 Å². The van der Waals surface area contributed by atoms with Crippen LogP contribution in [0.5, 0.6) is 5.88 Å². The second-order valence-corrected chi connectivity index (χ2v) is 4.69. The SMILES string of the molecule is N#CCc1ccc(N=Cc2c(O)[nH]c3ccccc23)cc1. The zero-order chi connectivity index (χ0) is 14.7. The minimum absolute atomic E-state index is 0.112. The third-order valence-electron chi connectivity index (χ3n) is 3.29. The standard InChI is InChI=1S/C17H13N3O/c18-10-9-12-5-7-13(8-6-12)19-11-15-14-3-1-2-4-16(14)20-17(15)21/h1-8,11,20-21H,9H2. The van der Waals surface area contributed by atoms with Gasteiger partial charge in [0.2, 0.25) is 0 Å². The molecule has 1 heterocycles. The minimum atomic E-state index is 0.112. The van der Waals surface area contributed by atoms with Crippen molar-refractivity contribution in [2.75, 3.05) is 0 Å². The highest BCUT2D eigenvalue weighted by molar-refractivity contribution is 6.02. The highest BCUT2D eigenvalue weighted by atomic mass is 16.3. The van der Waals surface area contributed by atoms with E-state index in [4.69, 9.17) is 5.26 Å². The van der Waals surface area contributed by atoms with E-state index in [-0.39, 0.29) is 5.88 Å². The number of aliphatic imine (C=N–C) groups is 1. The van der Waals surface area contributed by atoms with E-state index >= 15 is 0 Å². The molecule has 0 amide bonds. The second kappa shape index (κ2) is 5.51. The third kappa shape index (κ3) is 2.63. The van der Waals surface area contributed by atoms with Crippen molar-refractivity contribution in [3.63, 3.8) is 0 Å². The first-order valence-corrected chi connectivity index (χ1v) is 6.57. The summed E-state index contributed by atoms with van der Waals surface area (Å²) in [6.45, 7) is 0. The van der Waals surface area contributed by atoms with Crippen LogP contribution in [0.1, 0.15) is 11.1 Å². The molecule has 2 aromatic carbocycles. The molecular weight excluding hydrogens is 262 g/mol. The molecule has 102 valence electrons. The van der Waals surface area contributed by atoms with Gasteiger partial charge in [-0.3, -0.25) is 4.99 Å². The van der Waals surface area contributed by atoms with Crippen molar-refractivity contribution in [2.24, 2.45) is 4.99 Å². The van der Waals surface area contributed by atoms with Gasteiger partial charge in [-0.2, -0.15) is 5.26 Å². The molecule has 0 aliphatic heterocycles. The number of H-pyrrole nitrogens is 1. The Kier molecular flexibility index (Phi) is 3.40. The van der Waals surface area contributed by atoms with E-state index < -0.39 is 0 Å². The first-order chi connectivity index (χ1) is 10.3. The molecule has 0 aliphatic carbocycles. The van der Waals surface area contributed by atoms with Crippen molar-refractivity contribution in [3.05, 3.63) is 59.7 Å². The first kappa shape index (κ1) is 12.9. The predicted octanol–water partition coefficient (Wildman–Crippen LogP) is 3.69. The Balaban J connectivity index is 1.91. The normalized spacial score (nSPS) is 11.0. The van der Waals surface area contributed by atoms with Crippen LogP contribution in [0.2, 0.25) is 0 Å². The summed E-state index contributed by atoms with van der Waals surface area (Å²) in [7, 11) is 0. The number of nitrogens with zero attached hydrogens (tertiary/aromatic N) is 2. The van der Waals surface area contributed by atoms with E-state index in [2.05, 4.69) is 16.0 Å². The molecule has 0 unspecified atom stereocenters. The van der Waals surface area contributed by atoms with E-state index in [9.17, 15) is 5.11 Å². The molecule has 4 heteroatoms. The van der Waals surface area contributed by atoms with Crippen LogP contribution in [0.4, 0.5) is 5.69 Å². The number of aromatic nitrogens is 1. The highest BCUT2D eigenvalue weighted by Crippen LogP contribution is 2.26. The number of rotatable bonds is 3. The molecule has 3 rings (SSSR count). The van der Waals surface area contributed by atoms with Crippen LogP contribution in [-0.2, 0) is 6.42 Å². The fourth-order valence-corrected chi connectivity index (χ4v) is 2.21. The molecule has 4 nitrogen and oxygen atoms in total. The van der Waals surface area contributed by atoms with Gasteiger partial charge in [-0.15, -0.1) is 0 Å². The quantitative estimate of drug-likeness (QED) is 0.715. The van der Waals surface area contributed by atoms with Gasteiger partial charge in [-0.25, -0.2) is 0 Å². The van der Waals surface area contributed by atoms with Crippen LogP contribution in [0.3, 0.4) is 0 Å². The van der Waals surface area contributed by atoms with Gasteiger partial charge in [0.05, 0.1) is 23.7 Å². The number of benzene rings is 2. The van der Waals surface area contributed by atoms with E-state index in [0.29, 0.717) is 12.0 Å². The van der Waals surface area contributed by atoms with E-state index in [1.165, 1.54) is 0 Å². The van der Waals surface area contributed by atoms with Crippen LogP contribution in [0.25, 0.3) is 10.9 Å². The number of hydrogen-bond donors (Lipinski definition) is 2. The highest BCUT2D eigenvalue weighted by Gasteiger charge is 2.07. The maximum Gasteiger partial charge on any atom is 0.198 e. The molecule has 0 radical (unpaired) electrons. The summed E-state index contributed by atoms with van der Waals surface area (Å²) >= 11 is 0. The molecule has 0 saturated carbocycles. The lowest BCUT2D eigenvalue weighted by Gasteiger charge is -1.96. The van der Waals surface area contributed by atoms with Gasteiger partial charge in [-0.05, 0) is 23.8 Å². The molecule has 0 atom stereocenters. The topological polar surface area (TPSA) is 72.2 Å². The van der Waals surface area contributed by atoms with Gasteiger partial charge in [0.1, 0.15) is 0 Å². The number of aromatic amines is 1. The van der Waals surface area contributed by atoms with Gasteiger partial charge in [0.25, 0.3) is 0 Å². The van der Waals surface area contributed by atoms with Crippen molar-refractivity contribution >= 4 is 22.8 Å². The van der Waals surface area contributed by atoms with Crippen LogP contribution >= 0.6 is 0 Å². The maximum absolute atomic E-state index is 9.94. The number of aromatic hydroxyl groups is 1. The number of para-hydroxylation sites is 1. The van der Waals surface area contributed by atoms with Gasteiger partial charge in [0, 0.05) is 17.1 Å².